The smallest absolute Gasteiger partial charge is 0.412 e. The lowest BCUT2D eigenvalue weighted by Gasteiger charge is -2.23. The van der Waals surface area contributed by atoms with Crippen LogP contribution >= 0.6 is 23.1 Å². The fourth-order valence-corrected chi connectivity index (χ4v) is 6.77. The van der Waals surface area contributed by atoms with Crippen LogP contribution in [0.15, 0.2) is 60.7 Å². The summed E-state index contributed by atoms with van der Waals surface area (Å²) < 4.78 is 15.2. The summed E-state index contributed by atoms with van der Waals surface area (Å²) in [6, 6.07) is 20.2. The van der Waals surface area contributed by atoms with Crippen molar-refractivity contribution in [3.8, 4) is 21.6 Å². The van der Waals surface area contributed by atoms with E-state index in [1.165, 1.54) is 40.9 Å². The Bertz CT molecular complexity index is 1640. The molecule has 0 unspecified atom stereocenters. The van der Waals surface area contributed by atoms with Crippen molar-refractivity contribution >= 4 is 40.9 Å². The highest BCUT2D eigenvalue weighted by molar-refractivity contribution is 7.10. The zero-order chi connectivity index (χ0) is 28.0. The SMILES string of the molecule is COC(=O)C1(c2ccc3c(c2)CCc2cc(-c4snc(C)c4NC(=O)O[C@H](C)c4ccccc4Cl)ccc2-3)CC1. The number of methoxy groups -OCH3 is 1. The molecule has 1 fully saturated rings. The molecule has 2 aliphatic carbocycles. The van der Waals surface area contributed by atoms with E-state index in [0.717, 1.165) is 52.9 Å². The molecule has 1 atom stereocenters. The quantitative estimate of drug-likeness (QED) is 0.236. The second-order valence-corrected chi connectivity index (χ2v) is 11.7. The van der Waals surface area contributed by atoms with Crippen molar-refractivity contribution in [2.45, 2.75) is 51.0 Å². The van der Waals surface area contributed by atoms with Gasteiger partial charge < -0.3 is 9.47 Å². The van der Waals surface area contributed by atoms with Gasteiger partial charge in [-0.05, 0) is 96.6 Å². The molecule has 1 N–H and O–H groups in total. The first-order valence-electron chi connectivity index (χ1n) is 13.3. The number of fused-ring (bicyclic) bond motifs is 3. The fourth-order valence-electron chi connectivity index (χ4n) is 5.64. The largest absolute Gasteiger partial charge is 0.468 e. The Labute approximate surface area is 242 Å². The monoisotopic (exact) mass is 572 g/mol. The Balaban J connectivity index is 1.24. The second-order valence-electron chi connectivity index (χ2n) is 10.5. The minimum atomic E-state index is -0.556. The van der Waals surface area contributed by atoms with E-state index in [2.05, 4.69) is 46.1 Å². The summed E-state index contributed by atoms with van der Waals surface area (Å²) in [6.45, 7) is 3.67. The molecule has 8 heteroatoms. The number of halogens is 1. The number of anilines is 1. The zero-order valence-electron chi connectivity index (χ0n) is 22.5. The maximum Gasteiger partial charge on any atom is 0.412 e. The van der Waals surface area contributed by atoms with E-state index in [1.807, 2.05) is 25.1 Å². The Morgan fingerprint density at radius 2 is 1.73 bits per heavy atom. The third-order valence-corrected chi connectivity index (χ3v) is 9.35. The molecule has 4 aromatic rings. The number of nitrogens with one attached hydrogen (secondary N) is 1. The molecule has 1 saturated carbocycles. The van der Waals surface area contributed by atoms with E-state index in [9.17, 15) is 9.59 Å². The van der Waals surface area contributed by atoms with Gasteiger partial charge in [0, 0.05) is 10.6 Å². The van der Waals surface area contributed by atoms with Crippen molar-refractivity contribution in [1.29, 1.82) is 0 Å². The summed E-state index contributed by atoms with van der Waals surface area (Å²) in [5.74, 6) is -0.139. The predicted molar refractivity (Wildman–Crippen MR) is 158 cm³/mol. The van der Waals surface area contributed by atoms with Crippen LogP contribution in [-0.2, 0) is 32.5 Å². The normalized spacial score (nSPS) is 15.4. The van der Waals surface area contributed by atoms with E-state index in [-0.39, 0.29) is 5.97 Å². The molecule has 0 aliphatic heterocycles. The van der Waals surface area contributed by atoms with E-state index in [0.29, 0.717) is 10.7 Å². The lowest BCUT2D eigenvalue weighted by atomic mass is 9.82. The van der Waals surface area contributed by atoms with Gasteiger partial charge in [0.25, 0.3) is 0 Å². The van der Waals surface area contributed by atoms with Crippen LogP contribution < -0.4 is 5.32 Å². The molecule has 3 aromatic carbocycles. The number of aryl methyl sites for hydroxylation is 3. The summed E-state index contributed by atoms with van der Waals surface area (Å²) in [5.41, 5.74) is 8.64. The minimum absolute atomic E-state index is 0.139. The molecule has 204 valence electrons. The van der Waals surface area contributed by atoms with Crippen molar-refractivity contribution < 1.29 is 19.1 Å². The van der Waals surface area contributed by atoms with Gasteiger partial charge in [-0.1, -0.05) is 60.1 Å². The highest BCUT2D eigenvalue weighted by Crippen LogP contribution is 2.50. The molecule has 0 saturated heterocycles. The fraction of sp³-hybridized carbons (Fsp3) is 0.281. The molecule has 6 rings (SSSR count). The van der Waals surface area contributed by atoms with E-state index in [4.69, 9.17) is 21.1 Å². The molecule has 1 aromatic heterocycles. The van der Waals surface area contributed by atoms with E-state index in [1.54, 1.807) is 13.0 Å². The number of nitrogens with zero attached hydrogens (tertiary/aromatic N) is 1. The first kappa shape index (κ1) is 26.5. The molecule has 0 bridgehead atoms. The predicted octanol–water partition coefficient (Wildman–Crippen LogP) is 8.05. The molecule has 0 spiro atoms. The first-order valence-corrected chi connectivity index (χ1v) is 14.5. The van der Waals surface area contributed by atoms with Crippen LogP contribution in [0, 0.1) is 6.92 Å². The van der Waals surface area contributed by atoms with Gasteiger partial charge in [0.2, 0.25) is 0 Å². The number of hydrogen-bond donors (Lipinski definition) is 1. The van der Waals surface area contributed by atoms with Crippen LogP contribution in [-0.4, -0.2) is 23.5 Å². The van der Waals surface area contributed by atoms with Gasteiger partial charge in [-0.15, -0.1) is 0 Å². The van der Waals surface area contributed by atoms with Gasteiger partial charge >= 0.3 is 12.1 Å². The number of carbonyl (C=O) groups excluding carboxylic acids is 2. The molecule has 1 amide bonds. The number of esters is 1. The number of ether oxygens (including phenoxy) is 2. The number of amides is 1. The lowest BCUT2D eigenvalue weighted by molar-refractivity contribution is -0.143. The number of aromatic nitrogens is 1. The van der Waals surface area contributed by atoms with Gasteiger partial charge in [0.05, 0.1) is 28.8 Å². The summed E-state index contributed by atoms with van der Waals surface area (Å²) in [7, 11) is 1.46. The maximum absolute atomic E-state index is 12.8. The lowest BCUT2D eigenvalue weighted by Crippen LogP contribution is -2.22. The van der Waals surface area contributed by atoms with Crippen molar-refractivity contribution in [2.24, 2.45) is 0 Å². The number of rotatable bonds is 6. The molecular weight excluding hydrogens is 544 g/mol. The summed E-state index contributed by atoms with van der Waals surface area (Å²) in [5, 5.41) is 3.47. The summed E-state index contributed by atoms with van der Waals surface area (Å²) >= 11 is 7.63. The minimum Gasteiger partial charge on any atom is -0.468 e. The molecular formula is C32H29ClN2O4S. The Morgan fingerprint density at radius 1 is 1.02 bits per heavy atom. The highest BCUT2D eigenvalue weighted by atomic mass is 35.5. The second kappa shape index (κ2) is 10.4. The van der Waals surface area contributed by atoms with Crippen LogP contribution in [0.3, 0.4) is 0 Å². The van der Waals surface area contributed by atoms with Crippen molar-refractivity contribution in [1.82, 2.24) is 4.37 Å². The molecule has 2 aliphatic rings. The summed E-state index contributed by atoms with van der Waals surface area (Å²) in [6.07, 6.45) is 2.42. The van der Waals surface area contributed by atoms with Crippen LogP contribution in [0.2, 0.25) is 5.02 Å². The third-order valence-electron chi connectivity index (χ3n) is 8.02. The number of carbonyl (C=O) groups is 2. The van der Waals surface area contributed by atoms with Crippen molar-refractivity contribution in [3.63, 3.8) is 0 Å². The number of hydrogen-bond acceptors (Lipinski definition) is 6. The summed E-state index contributed by atoms with van der Waals surface area (Å²) in [4.78, 5) is 26.1. The van der Waals surface area contributed by atoms with Crippen LogP contribution in [0.5, 0.6) is 0 Å². The van der Waals surface area contributed by atoms with Gasteiger partial charge in [0.1, 0.15) is 6.10 Å². The number of benzene rings is 3. The van der Waals surface area contributed by atoms with Crippen molar-refractivity contribution in [2.75, 3.05) is 12.4 Å². The molecule has 0 radical (unpaired) electrons. The van der Waals surface area contributed by atoms with Crippen molar-refractivity contribution in [3.05, 3.63) is 93.6 Å². The van der Waals surface area contributed by atoms with Gasteiger partial charge in [-0.25, -0.2) is 4.79 Å². The Kier molecular flexibility index (Phi) is 6.88. The molecule has 1 heterocycles. The third kappa shape index (κ3) is 4.67. The maximum atomic E-state index is 12.8. The zero-order valence-corrected chi connectivity index (χ0v) is 24.1. The Hall–Kier alpha value is -3.68. The molecule has 6 nitrogen and oxygen atoms in total. The van der Waals surface area contributed by atoms with Crippen LogP contribution in [0.25, 0.3) is 21.6 Å². The highest BCUT2D eigenvalue weighted by Gasteiger charge is 2.52. The van der Waals surface area contributed by atoms with Gasteiger partial charge in [-0.2, -0.15) is 4.37 Å². The topological polar surface area (TPSA) is 77.5 Å². The average Bonchev–Trinajstić information content (AvgIpc) is 3.70. The first-order chi connectivity index (χ1) is 19.3. The van der Waals surface area contributed by atoms with Gasteiger partial charge in [0.15, 0.2) is 0 Å². The van der Waals surface area contributed by atoms with Crippen LogP contribution in [0.1, 0.15) is 53.8 Å². The molecule has 40 heavy (non-hydrogen) atoms. The Morgan fingerprint density at radius 3 is 2.42 bits per heavy atom. The average molecular weight is 573 g/mol. The van der Waals surface area contributed by atoms with Gasteiger partial charge in [-0.3, -0.25) is 10.1 Å². The standard InChI is InChI=1S/C32H29ClN2O4S/c1-18-28(34-31(37)39-19(2)24-6-4-5-7-27(24)33)29(40-35-18)22-10-12-25-20(16-22)8-9-21-17-23(11-13-26(21)25)32(14-15-32)30(36)38-3/h4-7,10-13,16-17,19H,8-9,14-15H2,1-3H3,(H,34,37)/t19-/m1/s1. The van der Waals surface area contributed by atoms with E-state index < -0.39 is 17.6 Å². The van der Waals surface area contributed by atoms with Crippen LogP contribution in [0.4, 0.5) is 10.5 Å². The van der Waals surface area contributed by atoms with E-state index >= 15 is 0 Å².